The summed E-state index contributed by atoms with van der Waals surface area (Å²) in [5.74, 6) is -4.97. The molecule has 0 saturated carbocycles. The van der Waals surface area contributed by atoms with E-state index < -0.39 is 59.7 Å². The van der Waals surface area contributed by atoms with Gasteiger partial charge in [0.05, 0.1) is 24.3 Å². The molecule has 3 amide bonds. The number of carbonyl (C=O) groups excluding carboxylic acids is 3. The van der Waals surface area contributed by atoms with Gasteiger partial charge in [0.2, 0.25) is 0 Å². The van der Waals surface area contributed by atoms with Gasteiger partial charge in [-0.3, -0.25) is 24.2 Å². The number of hydrogen-bond donors (Lipinski definition) is 3. The molecule has 326 valence electrons. The zero-order valence-electron chi connectivity index (χ0n) is 40.1. The molecule has 2 fully saturated rings. The molecular formula is C43H44ClF2IN8O5S2. The minimum atomic E-state index is -2.76. The summed E-state index contributed by atoms with van der Waals surface area (Å²) in [4.78, 5) is 63.9. The van der Waals surface area contributed by atoms with Crippen molar-refractivity contribution >= 4 is 127 Å². The van der Waals surface area contributed by atoms with Crippen LogP contribution in [0, 0.1) is 38.6 Å². The van der Waals surface area contributed by atoms with Crippen molar-refractivity contribution in [2.24, 2.45) is 5.73 Å². The van der Waals surface area contributed by atoms with Crippen LogP contribution < -0.4 is 30.7 Å². The zero-order chi connectivity index (χ0) is 51.3. The van der Waals surface area contributed by atoms with E-state index in [4.69, 9.17) is 50.9 Å². The largest absolute Gasteiger partial charge is 0.478 e. The highest BCUT2D eigenvalue weighted by Gasteiger charge is 2.51. The predicted molar refractivity (Wildman–Crippen MR) is 259 cm³/mol. The lowest BCUT2D eigenvalue weighted by molar-refractivity contribution is -0.121. The first kappa shape index (κ1) is 43.0. The number of anilines is 4. The maximum Gasteiger partial charge on any atom is 0.338 e. The minimum Gasteiger partial charge on any atom is -0.478 e. The van der Waals surface area contributed by atoms with Crippen LogP contribution in [0.2, 0.25) is 0 Å². The summed E-state index contributed by atoms with van der Waals surface area (Å²) < 4.78 is 68.4. The van der Waals surface area contributed by atoms with Crippen LogP contribution in [0.4, 0.5) is 42.9 Å². The first-order valence-electron chi connectivity index (χ1n) is 20.5. The maximum absolute atomic E-state index is 14.7. The Labute approximate surface area is 398 Å². The standard InChI is InChI=1S/C21H19FN4O2S.C20H16FN3O3S.CH3I.CH5N.ClH/c1-12-10-13(7-9-17(12)23-4)25-19(28)21(2,3)26(20(25)29)14-6-8-15(16(22)11-14)18(27)24-5;1-11-9-12(6-8-16(11)22-4)23-18(27)20(2,3)24(19(23)28)13-5-7-14(17(25)26)15(21)10-13;2*1-2;/h6-11H,1-3,5H3,(H,24,27);5-10H,1-3H3,(H,25,26);1H3;2H2,1H3;1H/i5D3;;;1D3;. The first-order chi connectivity index (χ1) is 30.9. The van der Waals surface area contributed by atoms with Crippen molar-refractivity contribution in [1.82, 2.24) is 5.32 Å². The fourth-order valence-electron chi connectivity index (χ4n) is 6.43. The van der Waals surface area contributed by atoms with Crippen molar-refractivity contribution in [1.29, 1.82) is 0 Å². The first-order valence-corrected chi connectivity index (χ1v) is 20.5. The Bertz CT molecular complexity index is 2750. The Balaban J connectivity index is 0.000000408. The van der Waals surface area contributed by atoms with E-state index in [-0.39, 0.29) is 45.8 Å². The minimum absolute atomic E-state index is 0. The molecular weight excluding hydrogens is 973 g/mol. The molecule has 2 aliphatic rings. The molecule has 0 unspecified atom stereocenters. The summed E-state index contributed by atoms with van der Waals surface area (Å²) in [6.07, 6.45) is 0. The fourth-order valence-corrected chi connectivity index (χ4v) is 7.48. The van der Waals surface area contributed by atoms with Crippen molar-refractivity contribution in [2.75, 3.05) is 38.5 Å². The Morgan fingerprint density at radius 2 is 1.10 bits per heavy atom. The normalized spacial score (nSPS) is 16.3. The number of rotatable bonds is 6. The molecule has 0 atom stereocenters. The highest BCUT2D eigenvalue weighted by molar-refractivity contribution is 14.1. The lowest BCUT2D eigenvalue weighted by atomic mass is 10.0. The number of benzene rings is 4. The van der Waals surface area contributed by atoms with Crippen molar-refractivity contribution in [3.05, 3.63) is 130 Å². The average Bonchev–Trinajstić information content (AvgIpc) is 3.50. The molecule has 6 rings (SSSR count). The van der Waals surface area contributed by atoms with Gasteiger partial charge >= 0.3 is 5.97 Å². The van der Waals surface area contributed by atoms with Crippen molar-refractivity contribution in [2.45, 2.75) is 52.6 Å². The fraction of sp³-hybridized carbons (Fsp3) is 0.256. The van der Waals surface area contributed by atoms with Crippen LogP contribution >= 0.6 is 59.4 Å². The van der Waals surface area contributed by atoms with Gasteiger partial charge in [-0.15, -0.1) is 12.4 Å². The summed E-state index contributed by atoms with van der Waals surface area (Å²) in [7, 11) is 0. The lowest BCUT2D eigenvalue weighted by Crippen LogP contribution is -2.44. The number of alkyl halides is 1. The Morgan fingerprint density at radius 3 is 1.40 bits per heavy atom. The number of nitrogens with zero attached hydrogens (tertiary/aromatic N) is 6. The number of halogens is 4. The number of thiocarbonyl (C=S) groups is 2. The molecule has 0 bridgehead atoms. The number of hydrogen-bond acceptors (Lipinski definition) is 7. The Kier molecular flexibility index (Phi) is 14.9. The molecule has 4 aromatic carbocycles. The van der Waals surface area contributed by atoms with E-state index in [1.807, 2.05) is 4.93 Å². The van der Waals surface area contributed by atoms with E-state index >= 15 is 0 Å². The van der Waals surface area contributed by atoms with E-state index in [1.165, 1.54) is 31.7 Å². The van der Waals surface area contributed by atoms with Gasteiger partial charge in [0.25, 0.3) is 17.7 Å². The number of aryl methyl sites for hydroxylation is 2. The summed E-state index contributed by atoms with van der Waals surface area (Å²) in [5, 5.41) is 11.0. The number of nitrogens with one attached hydrogen (secondary N) is 1. The number of carboxylic acids is 1. The van der Waals surface area contributed by atoms with Crippen molar-refractivity contribution < 1.29 is 41.3 Å². The number of nitrogens with two attached hydrogens (primary N) is 1. The molecule has 2 saturated heterocycles. The highest BCUT2D eigenvalue weighted by Crippen LogP contribution is 2.40. The molecule has 0 aromatic heterocycles. The molecule has 62 heavy (non-hydrogen) atoms. The van der Waals surface area contributed by atoms with E-state index in [1.54, 1.807) is 83.3 Å². The molecule has 4 N–H and O–H groups in total. The number of carboxylic acid groups (broad SMARTS) is 1. The lowest BCUT2D eigenvalue weighted by Gasteiger charge is -2.29. The van der Waals surface area contributed by atoms with E-state index in [0.717, 1.165) is 24.3 Å². The quantitative estimate of drug-likeness (QED) is 0.0739. The molecule has 4 aromatic rings. The molecule has 0 spiro atoms. The van der Waals surface area contributed by atoms with Crippen LogP contribution in [0.25, 0.3) is 9.69 Å². The number of aromatic carboxylic acids is 1. The third-order valence-electron chi connectivity index (χ3n) is 9.46. The molecule has 2 aliphatic heterocycles. The van der Waals surface area contributed by atoms with E-state index in [2.05, 4.69) is 38.0 Å². The van der Waals surface area contributed by atoms with Crippen molar-refractivity contribution in [3.63, 3.8) is 0 Å². The molecule has 0 aliphatic carbocycles. The summed E-state index contributed by atoms with van der Waals surface area (Å²) in [6.45, 7) is 19.4. The van der Waals surface area contributed by atoms with Crippen LogP contribution in [0.5, 0.6) is 0 Å². The summed E-state index contributed by atoms with van der Waals surface area (Å²) in [5.41, 5.74) is 4.99. The average molecular weight is 1020 g/mol. The van der Waals surface area contributed by atoms with Crippen LogP contribution in [-0.4, -0.2) is 69.0 Å². The van der Waals surface area contributed by atoms with Crippen LogP contribution in [0.1, 0.15) is 67.8 Å². The molecule has 2 heterocycles. The number of carbonyl (C=O) groups is 4. The Hall–Kier alpha value is -5.64. The number of amides is 3. The molecule has 0 radical (unpaired) electrons. The highest BCUT2D eigenvalue weighted by atomic mass is 127. The van der Waals surface area contributed by atoms with Gasteiger partial charge < -0.3 is 26.0 Å². The summed E-state index contributed by atoms with van der Waals surface area (Å²) >= 11 is 13.2. The monoisotopic (exact) mass is 1020 g/mol. The van der Waals surface area contributed by atoms with Crippen LogP contribution in [0.3, 0.4) is 0 Å². The smallest absolute Gasteiger partial charge is 0.338 e. The van der Waals surface area contributed by atoms with Gasteiger partial charge in [0.1, 0.15) is 22.7 Å². The molecule has 19 heteroatoms. The van der Waals surface area contributed by atoms with Crippen molar-refractivity contribution in [3.8, 4) is 0 Å². The predicted octanol–water partition coefficient (Wildman–Crippen LogP) is 9.31. The maximum atomic E-state index is 14.7. The van der Waals surface area contributed by atoms with Gasteiger partial charge in [0, 0.05) is 37.9 Å². The SMILES string of the molecule is CI.Cl.[2H]C([2H])([2H])N.[2H]C([2H])([2H])NC(=O)c1ccc(N2C(=S)N(c3ccc([N+]#[C-])c(C)c3)C(=O)C2(C)C)cc1F.[C-]#[N+]c1ccc(N2C(=O)C(C)(C)N(c3ccc(C(=O)O)c(F)c3)C2=S)cc1C. The second-order valence-electron chi connectivity index (χ2n) is 13.9. The van der Waals surface area contributed by atoms with Gasteiger partial charge in [-0.2, -0.15) is 0 Å². The zero-order valence-corrected chi connectivity index (χ0v) is 38.7. The van der Waals surface area contributed by atoms with Gasteiger partial charge in [-0.05, 0) is 150 Å². The summed E-state index contributed by atoms with van der Waals surface area (Å²) in [6, 6.07) is 17.1. The third-order valence-corrected chi connectivity index (χ3v) is 10.2. The van der Waals surface area contributed by atoms with Gasteiger partial charge in [-0.1, -0.05) is 34.7 Å². The molecule has 13 nitrogen and oxygen atoms in total. The van der Waals surface area contributed by atoms with Gasteiger partial charge in [0.15, 0.2) is 21.6 Å². The Morgan fingerprint density at radius 1 is 0.742 bits per heavy atom. The van der Waals surface area contributed by atoms with E-state index in [9.17, 15) is 28.0 Å². The van der Waals surface area contributed by atoms with Crippen LogP contribution in [0.15, 0.2) is 72.8 Å². The van der Waals surface area contributed by atoms with Gasteiger partial charge in [-0.25, -0.2) is 23.3 Å². The van der Waals surface area contributed by atoms with Crippen LogP contribution in [-0.2, 0) is 9.59 Å². The van der Waals surface area contributed by atoms with E-state index in [0.29, 0.717) is 33.9 Å². The second kappa shape index (κ2) is 21.4. The topological polar surface area (TPSA) is 148 Å². The third kappa shape index (κ3) is 10.0. The second-order valence-corrected chi connectivity index (χ2v) is 14.6.